The number of benzene rings is 15. The summed E-state index contributed by atoms with van der Waals surface area (Å²) in [5.41, 5.74) is 20.5. The molecular weight excluding hydrogens is 1470 g/mol. The second kappa shape index (κ2) is 30.4. The molecular formula is C104H54N16. The standard InChI is InChI=1S/C104H54N16/c105-55-63-24-34-83(79(44-63)59-109)73-28-38-95-89(49-73)90-50-74(84-35-25-64(56-106)45-80(84)60-110)29-39-96(90)119(95)93-42-32-77(103-115-99(67-14-5-1-6-15-67)113-100(116-103)68-16-7-2-8-17-68)53-87(93)71-22-13-23-72(48-71)88-54-78(104-117-101(69-18-9-3-10-19-69)114-102(118-104)70-20-11-4-12-21-70)33-43-94(88)120-97-40-30-75(85-36-26-65(57-107)46-81(85)61-111)51-91(97)92-52-76(31-41-98(92)120)86-37-27-66(58-108)47-82(86)62-112/h1-54H. The second-order valence-corrected chi connectivity index (χ2v) is 28.7. The molecule has 4 aromatic heterocycles. The number of hydrogen-bond donors (Lipinski definition) is 0. The van der Waals surface area contributed by atoms with E-state index >= 15 is 0 Å². The summed E-state index contributed by atoms with van der Waals surface area (Å²) in [5, 5.41) is 85.9. The zero-order chi connectivity index (χ0) is 81.5. The van der Waals surface area contributed by atoms with Gasteiger partial charge in [0.05, 0.1) is 127 Å². The summed E-state index contributed by atoms with van der Waals surface area (Å²) in [4.78, 5) is 31.4. The number of nitrogens with zero attached hydrogens (tertiary/aromatic N) is 16. The van der Waals surface area contributed by atoms with Crippen molar-refractivity contribution in [1.82, 2.24) is 39.0 Å². The van der Waals surface area contributed by atoms with Crippen molar-refractivity contribution in [2.45, 2.75) is 0 Å². The molecule has 0 fully saturated rings. The Morgan fingerprint density at radius 2 is 0.408 bits per heavy atom. The Balaban J connectivity index is 0.893. The highest BCUT2D eigenvalue weighted by Crippen LogP contribution is 2.46. The molecule has 0 atom stereocenters. The van der Waals surface area contributed by atoms with E-state index in [1.807, 2.05) is 188 Å². The Bertz CT molecular complexity index is 7040. The lowest BCUT2D eigenvalue weighted by Crippen LogP contribution is -2.02. The Kier molecular flexibility index (Phi) is 18.3. The molecule has 19 aromatic rings. The summed E-state index contributed by atoms with van der Waals surface area (Å²) >= 11 is 0. The first-order valence-corrected chi connectivity index (χ1v) is 38.2. The highest BCUT2D eigenvalue weighted by atomic mass is 15.1. The third kappa shape index (κ3) is 13.0. The van der Waals surface area contributed by atoms with Crippen molar-refractivity contribution in [3.8, 4) is 195 Å². The highest BCUT2D eigenvalue weighted by molar-refractivity contribution is 6.14. The van der Waals surface area contributed by atoms with Crippen molar-refractivity contribution in [3.05, 3.63) is 372 Å². The second-order valence-electron chi connectivity index (χ2n) is 28.7. The average molecular weight is 1530 g/mol. The summed E-state index contributed by atoms with van der Waals surface area (Å²) in [6.07, 6.45) is 0. The van der Waals surface area contributed by atoms with Gasteiger partial charge in [-0.25, -0.2) is 29.9 Å². The third-order valence-electron chi connectivity index (χ3n) is 21.7. The molecule has 0 saturated carbocycles. The van der Waals surface area contributed by atoms with Crippen LogP contribution in [0.3, 0.4) is 0 Å². The van der Waals surface area contributed by atoms with Crippen LogP contribution in [0.1, 0.15) is 44.5 Å². The molecule has 16 heteroatoms. The van der Waals surface area contributed by atoms with Crippen molar-refractivity contribution in [2.24, 2.45) is 0 Å². The number of fused-ring (bicyclic) bond motifs is 6. The minimum atomic E-state index is 0.331. The SMILES string of the molecule is N#Cc1ccc(-c2ccc3c(c2)c2cc(-c4ccc(C#N)cc4C#N)ccc2n3-c2ccc(-c3nc(-c4ccccc4)nc(-c4ccccc4)n3)cc2-c2cccc(-c3cc(-c4nc(-c5ccccc5)nc(-c5ccccc5)n4)ccc3-n3c4ccc(-c5ccc(C#N)cc5C#N)cc4c4cc(-c5ccc(C#N)cc5C#N)ccc43)c2)c(C#N)c1. The van der Waals surface area contributed by atoms with E-state index in [-0.39, 0.29) is 0 Å². The fourth-order valence-corrected chi connectivity index (χ4v) is 16.0. The molecule has 0 aliphatic rings. The molecule has 0 saturated heterocycles. The van der Waals surface area contributed by atoms with Gasteiger partial charge in [0, 0.05) is 66.1 Å². The Morgan fingerprint density at radius 1 is 0.175 bits per heavy atom. The fraction of sp³-hybridized carbons (Fsp3) is 0. The molecule has 0 unspecified atom stereocenters. The van der Waals surface area contributed by atoms with Crippen molar-refractivity contribution in [3.63, 3.8) is 0 Å². The molecule has 0 bridgehead atoms. The van der Waals surface area contributed by atoms with Crippen LogP contribution in [0.15, 0.2) is 328 Å². The quantitative estimate of drug-likeness (QED) is 0.0979. The van der Waals surface area contributed by atoms with Crippen LogP contribution in [-0.2, 0) is 0 Å². The fourth-order valence-electron chi connectivity index (χ4n) is 16.0. The van der Waals surface area contributed by atoms with E-state index < -0.39 is 0 Å². The van der Waals surface area contributed by atoms with Crippen molar-refractivity contribution >= 4 is 43.6 Å². The summed E-state index contributed by atoms with van der Waals surface area (Å²) in [6.45, 7) is 0. The van der Waals surface area contributed by atoms with Crippen LogP contribution in [0.4, 0.5) is 0 Å². The van der Waals surface area contributed by atoms with Crippen LogP contribution >= 0.6 is 0 Å². The third-order valence-corrected chi connectivity index (χ3v) is 21.7. The maximum Gasteiger partial charge on any atom is 0.164 e. The van der Waals surface area contributed by atoms with E-state index in [0.29, 0.717) is 113 Å². The average Bonchev–Trinajstić information content (AvgIpc) is 1.55. The lowest BCUT2D eigenvalue weighted by atomic mass is 9.94. The molecule has 0 aliphatic heterocycles. The van der Waals surface area contributed by atoms with Gasteiger partial charge in [0.25, 0.3) is 0 Å². The van der Waals surface area contributed by atoms with Crippen LogP contribution < -0.4 is 0 Å². The largest absolute Gasteiger partial charge is 0.309 e. The molecule has 4 heterocycles. The number of rotatable bonds is 14. The summed E-state index contributed by atoms with van der Waals surface area (Å²) in [7, 11) is 0. The lowest BCUT2D eigenvalue weighted by Gasteiger charge is -2.19. The molecule has 120 heavy (non-hydrogen) atoms. The molecule has 16 nitrogen and oxygen atoms in total. The van der Waals surface area contributed by atoms with Gasteiger partial charge in [-0.15, -0.1) is 0 Å². The zero-order valence-corrected chi connectivity index (χ0v) is 63.3. The van der Waals surface area contributed by atoms with Gasteiger partial charge in [-0.2, -0.15) is 42.1 Å². The van der Waals surface area contributed by atoms with E-state index in [1.165, 1.54) is 0 Å². The predicted octanol–water partition coefficient (Wildman–Crippen LogP) is 23.2. The topological polar surface area (TPSA) is 278 Å². The molecule has 550 valence electrons. The zero-order valence-electron chi connectivity index (χ0n) is 63.3. The number of nitriles is 8. The van der Waals surface area contributed by atoms with Crippen LogP contribution in [0, 0.1) is 90.6 Å². The van der Waals surface area contributed by atoms with Crippen molar-refractivity contribution in [2.75, 3.05) is 0 Å². The Hall–Kier alpha value is -18.2. The molecule has 0 aliphatic carbocycles. The number of aromatic nitrogens is 8. The molecule has 19 rings (SSSR count). The van der Waals surface area contributed by atoms with E-state index in [1.54, 1.807) is 72.8 Å². The van der Waals surface area contributed by atoms with Gasteiger partial charge in [-0.1, -0.05) is 188 Å². The van der Waals surface area contributed by atoms with Gasteiger partial charge in [0.2, 0.25) is 0 Å². The summed E-state index contributed by atoms with van der Waals surface area (Å²) < 4.78 is 4.46. The van der Waals surface area contributed by atoms with Gasteiger partial charge in [-0.05, 0) is 195 Å². The van der Waals surface area contributed by atoms with E-state index in [0.717, 1.165) is 122 Å². The maximum atomic E-state index is 10.7. The van der Waals surface area contributed by atoms with Crippen LogP contribution in [0.5, 0.6) is 0 Å². The summed E-state index contributed by atoms with van der Waals surface area (Å²) in [5.74, 6) is 2.72. The first-order chi connectivity index (χ1) is 59.1. The first-order valence-electron chi connectivity index (χ1n) is 38.2. The predicted molar refractivity (Wildman–Crippen MR) is 465 cm³/mol. The monoisotopic (exact) mass is 1530 g/mol. The number of hydrogen-bond acceptors (Lipinski definition) is 14. The van der Waals surface area contributed by atoms with E-state index in [2.05, 4.69) is 124 Å². The first kappa shape index (κ1) is 72.1. The van der Waals surface area contributed by atoms with Gasteiger partial charge in [-0.3, -0.25) is 0 Å². The highest BCUT2D eigenvalue weighted by Gasteiger charge is 2.26. The molecule has 15 aromatic carbocycles. The maximum absolute atomic E-state index is 10.7. The smallest absolute Gasteiger partial charge is 0.164 e. The minimum absolute atomic E-state index is 0.331. The van der Waals surface area contributed by atoms with E-state index in [4.69, 9.17) is 29.9 Å². The van der Waals surface area contributed by atoms with Gasteiger partial charge in [0.1, 0.15) is 0 Å². The normalized spacial score (nSPS) is 10.9. The molecule has 0 spiro atoms. The van der Waals surface area contributed by atoms with Crippen molar-refractivity contribution < 1.29 is 0 Å². The van der Waals surface area contributed by atoms with Crippen LogP contribution in [0.25, 0.3) is 190 Å². The van der Waals surface area contributed by atoms with Gasteiger partial charge >= 0.3 is 0 Å². The molecule has 0 radical (unpaired) electrons. The molecule has 0 N–H and O–H groups in total. The van der Waals surface area contributed by atoms with Crippen molar-refractivity contribution in [1.29, 1.82) is 42.1 Å². The van der Waals surface area contributed by atoms with Crippen LogP contribution in [0.2, 0.25) is 0 Å². The summed E-state index contributed by atoms with van der Waals surface area (Å²) in [6, 6.07) is 123. The van der Waals surface area contributed by atoms with Gasteiger partial charge in [0.15, 0.2) is 34.9 Å². The van der Waals surface area contributed by atoms with Crippen LogP contribution in [-0.4, -0.2) is 39.0 Å². The Morgan fingerprint density at radius 3 is 0.658 bits per heavy atom. The lowest BCUT2D eigenvalue weighted by molar-refractivity contribution is 1.07. The van der Waals surface area contributed by atoms with E-state index in [9.17, 15) is 42.1 Å². The minimum Gasteiger partial charge on any atom is -0.309 e. The van der Waals surface area contributed by atoms with Gasteiger partial charge < -0.3 is 9.13 Å². The Labute approximate surface area is 687 Å². The molecule has 0 amide bonds.